The van der Waals surface area contributed by atoms with Crippen molar-refractivity contribution in [3.05, 3.63) is 30.1 Å². The third-order valence-corrected chi connectivity index (χ3v) is 1.79. The van der Waals surface area contributed by atoms with Gasteiger partial charge in [0.05, 0.1) is 23.6 Å². The highest BCUT2D eigenvalue weighted by molar-refractivity contribution is 5.86. The van der Waals surface area contributed by atoms with Crippen LogP contribution >= 0.6 is 0 Å². The highest BCUT2D eigenvalue weighted by Crippen LogP contribution is 2.09. The van der Waals surface area contributed by atoms with Crippen molar-refractivity contribution in [1.82, 2.24) is 15.4 Å². The Bertz CT molecular complexity index is 430. The molecular weight excluding hydrogens is 164 g/mol. The third-order valence-electron chi connectivity index (χ3n) is 1.79. The second kappa shape index (κ2) is 3.26. The molecule has 2 aromatic rings. The zero-order valence-corrected chi connectivity index (χ0v) is 7.28. The van der Waals surface area contributed by atoms with Gasteiger partial charge in [-0.3, -0.25) is 0 Å². The Morgan fingerprint density at radius 2 is 2.46 bits per heavy atom. The minimum absolute atomic E-state index is 0.974. The number of hydrogen-bond donors (Lipinski definition) is 2. The van der Waals surface area contributed by atoms with Crippen LogP contribution in [0.25, 0.3) is 11.0 Å². The van der Waals surface area contributed by atoms with E-state index >= 15 is 0 Å². The highest BCUT2D eigenvalue weighted by Gasteiger charge is 1.95. The standard InChI is InChI=1S/C9H10N4/c1-10-13-5-7-2-3-8-9(4-7)12-6-11-8/h2-6,10H,1H3,(H,11,12). The molecule has 0 aliphatic rings. The van der Waals surface area contributed by atoms with Gasteiger partial charge in [-0.2, -0.15) is 5.10 Å². The lowest BCUT2D eigenvalue weighted by molar-refractivity contribution is 0.908. The Labute approximate surface area is 75.7 Å². The molecule has 2 N–H and O–H groups in total. The normalized spacial score (nSPS) is 11.2. The number of hydrogen-bond acceptors (Lipinski definition) is 3. The monoisotopic (exact) mass is 174 g/mol. The van der Waals surface area contributed by atoms with Gasteiger partial charge >= 0.3 is 0 Å². The fourth-order valence-electron chi connectivity index (χ4n) is 1.17. The van der Waals surface area contributed by atoms with Crippen LogP contribution < -0.4 is 5.43 Å². The number of imidazole rings is 1. The third kappa shape index (κ3) is 1.51. The van der Waals surface area contributed by atoms with E-state index in [4.69, 9.17) is 0 Å². The quantitative estimate of drug-likeness (QED) is 0.529. The number of aromatic amines is 1. The van der Waals surface area contributed by atoms with Gasteiger partial charge in [0.15, 0.2) is 0 Å². The molecule has 0 bridgehead atoms. The Kier molecular flexibility index (Phi) is 1.96. The first-order chi connectivity index (χ1) is 6.40. The van der Waals surface area contributed by atoms with Crippen LogP contribution in [-0.2, 0) is 0 Å². The second-order valence-corrected chi connectivity index (χ2v) is 2.66. The summed E-state index contributed by atoms with van der Waals surface area (Å²) in [6.07, 6.45) is 3.45. The maximum Gasteiger partial charge on any atom is 0.0931 e. The van der Waals surface area contributed by atoms with E-state index in [2.05, 4.69) is 20.5 Å². The van der Waals surface area contributed by atoms with Gasteiger partial charge in [0.25, 0.3) is 0 Å². The fraction of sp³-hybridized carbons (Fsp3) is 0.111. The zero-order chi connectivity index (χ0) is 9.10. The molecule has 0 saturated heterocycles. The fourth-order valence-corrected chi connectivity index (χ4v) is 1.17. The van der Waals surface area contributed by atoms with Crippen molar-refractivity contribution in [2.24, 2.45) is 5.10 Å². The Hall–Kier alpha value is -1.84. The van der Waals surface area contributed by atoms with Gasteiger partial charge in [0.1, 0.15) is 0 Å². The lowest BCUT2D eigenvalue weighted by Gasteiger charge is -1.92. The summed E-state index contributed by atoms with van der Waals surface area (Å²) in [6, 6.07) is 5.94. The van der Waals surface area contributed by atoms with E-state index in [1.54, 1.807) is 19.6 Å². The van der Waals surface area contributed by atoms with E-state index in [1.165, 1.54) is 0 Å². The topological polar surface area (TPSA) is 53.1 Å². The summed E-state index contributed by atoms with van der Waals surface area (Å²) in [4.78, 5) is 7.17. The van der Waals surface area contributed by atoms with Gasteiger partial charge in [-0.25, -0.2) is 4.98 Å². The van der Waals surface area contributed by atoms with Gasteiger partial charge < -0.3 is 10.4 Å². The molecule has 0 unspecified atom stereocenters. The van der Waals surface area contributed by atoms with Crippen LogP contribution in [-0.4, -0.2) is 23.2 Å². The van der Waals surface area contributed by atoms with Crippen LogP contribution in [0.3, 0.4) is 0 Å². The summed E-state index contributed by atoms with van der Waals surface area (Å²) in [6.45, 7) is 0. The van der Waals surface area contributed by atoms with E-state index in [1.807, 2.05) is 18.2 Å². The van der Waals surface area contributed by atoms with Crippen LogP contribution in [0, 0.1) is 0 Å². The van der Waals surface area contributed by atoms with Crippen LogP contribution in [0.2, 0.25) is 0 Å². The maximum absolute atomic E-state index is 4.12. The molecule has 66 valence electrons. The Morgan fingerprint density at radius 1 is 1.54 bits per heavy atom. The zero-order valence-electron chi connectivity index (χ0n) is 7.28. The molecule has 0 atom stereocenters. The highest BCUT2D eigenvalue weighted by atomic mass is 15.3. The van der Waals surface area contributed by atoms with E-state index < -0.39 is 0 Å². The molecule has 13 heavy (non-hydrogen) atoms. The summed E-state index contributed by atoms with van der Waals surface area (Å²) in [7, 11) is 1.77. The molecule has 1 aromatic carbocycles. The molecule has 4 heteroatoms. The Morgan fingerprint density at radius 3 is 3.31 bits per heavy atom. The predicted molar refractivity (Wildman–Crippen MR) is 52.7 cm³/mol. The Balaban J connectivity index is 2.42. The van der Waals surface area contributed by atoms with Crippen molar-refractivity contribution < 1.29 is 0 Å². The molecule has 2 rings (SSSR count). The number of hydrazone groups is 1. The average molecular weight is 174 g/mol. The molecule has 0 radical (unpaired) electrons. The summed E-state index contributed by atoms with van der Waals surface area (Å²) in [5, 5.41) is 3.92. The van der Waals surface area contributed by atoms with Gasteiger partial charge in [-0.05, 0) is 17.7 Å². The molecule has 0 saturated carbocycles. The number of rotatable bonds is 2. The SMILES string of the molecule is CNN=Cc1ccc2nc[nH]c2c1. The van der Waals surface area contributed by atoms with Gasteiger partial charge in [-0.1, -0.05) is 6.07 Å². The molecule has 0 spiro atoms. The maximum atomic E-state index is 4.12. The molecule has 0 amide bonds. The first-order valence-electron chi connectivity index (χ1n) is 4.03. The number of nitrogens with zero attached hydrogens (tertiary/aromatic N) is 2. The minimum Gasteiger partial charge on any atom is -0.345 e. The summed E-state index contributed by atoms with van der Waals surface area (Å²) in [5.41, 5.74) is 5.75. The van der Waals surface area contributed by atoms with E-state index in [0.29, 0.717) is 0 Å². The average Bonchev–Trinajstić information content (AvgIpc) is 2.61. The first kappa shape index (κ1) is 7.79. The summed E-state index contributed by atoms with van der Waals surface area (Å²) < 4.78 is 0. The molecule has 4 nitrogen and oxygen atoms in total. The summed E-state index contributed by atoms with van der Waals surface area (Å²) >= 11 is 0. The van der Waals surface area contributed by atoms with Gasteiger partial charge in [0.2, 0.25) is 0 Å². The van der Waals surface area contributed by atoms with Crippen molar-refractivity contribution in [2.45, 2.75) is 0 Å². The molecular formula is C9H10N4. The van der Waals surface area contributed by atoms with Crippen LogP contribution in [0.4, 0.5) is 0 Å². The molecule has 1 aromatic heterocycles. The lowest BCUT2D eigenvalue weighted by atomic mass is 10.2. The smallest absolute Gasteiger partial charge is 0.0931 e. The minimum atomic E-state index is 0.974. The summed E-state index contributed by atoms with van der Waals surface area (Å²) in [5.74, 6) is 0. The molecule has 0 fully saturated rings. The largest absolute Gasteiger partial charge is 0.345 e. The van der Waals surface area contributed by atoms with E-state index in [0.717, 1.165) is 16.6 Å². The number of fused-ring (bicyclic) bond motifs is 1. The first-order valence-corrected chi connectivity index (χ1v) is 4.03. The van der Waals surface area contributed by atoms with Crippen molar-refractivity contribution in [3.63, 3.8) is 0 Å². The second-order valence-electron chi connectivity index (χ2n) is 2.66. The number of aromatic nitrogens is 2. The number of nitrogens with one attached hydrogen (secondary N) is 2. The van der Waals surface area contributed by atoms with Crippen LogP contribution in [0.15, 0.2) is 29.6 Å². The van der Waals surface area contributed by atoms with Gasteiger partial charge in [0, 0.05) is 7.05 Å². The predicted octanol–water partition coefficient (Wildman–Crippen LogP) is 1.12. The van der Waals surface area contributed by atoms with E-state index in [-0.39, 0.29) is 0 Å². The number of benzene rings is 1. The van der Waals surface area contributed by atoms with Crippen molar-refractivity contribution in [3.8, 4) is 0 Å². The van der Waals surface area contributed by atoms with Crippen molar-refractivity contribution in [1.29, 1.82) is 0 Å². The van der Waals surface area contributed by atoms with Gasteiger partial charge in [-0.15, -0.1) is 0 Å². The van der Waals surface area contributed by atoms with Crippen molar-refractivity contribution in [2.75, 3.05) is 7.05 Å². The van der Waals surface area contributed by atoms with E-state index in [9.17, 15) is 0 Å². The molecule has 1 heterocycles. The number of H-pyrrole nitrogens is 1. The molecule has 0 aliphatic heterocycles. The van der Waals surface area contributed by atoms with Crippen LogP contribution in [0.1, 0.15) is 5.56 Å². The molecule has 0 aliphatic carbocycles. The van der Waals surface area contributed by atoms with Crippen LogP contribution in [0.5, 0.6) is 0 Å². The lowest BCUT2D eigenvalue weighted by Crippen LogP contribution is -1.94. The van der Waals surface area contributed by atoms with Crippen molar-refractivity contribution >= 4 is 17.2 Å².